The fourth-order valence-electron chi connectivity index (χ4n) is 5.69. The Hall–Kier alpha value is -3.60. The van der Waals surface area contributed by atoms with Crippen LogP contribution in [0.2, 0.25) is 5.02 Å². The first kappa shape index (κ1) is 29.9. The Kier molecular flexibility index (Phi) is 9.35. The molecule has 3 heterocycles. The van der Waals surface area contributed by atoms with E-state index in [2.05, 4.69) is 25.9 Å². The highest BCUT2D eigenvalue weighted by molar-refractivity contribution is 6.30. The second-order valence-corrected chi connectivity index (χ2v) is 11.3. The average molecular weight is 595 g/mol. The van der Waals surface area contributed by atoms with Gasteiger partial charge >= 0.3 is 6.03 Å². The van der Waals surface area contributed by atoms with Crippen LogP contribution >= 0.6 is 11.6 Å². The number of halogens is 2. The Morgan fingerprint density at radius 2 is 1.90 bits per heavy atom. The van der Waals surface area contributed by atoms with Crippen molar-refractivity contribution in [3.05, 3.63) is 83.0 Å². The van der Waals surface area contributed by atoms with Gasteiger partial charge in [-0.3, -0.25) is 15.1 Å². The normalized spacial score (nSPS) is 19.8. The Balaban J connectivity index is 1.40. The van der Waals surface area contributed by atoms with Gasteiger partial charge in [0.15, 0.2) is 0 Å². The Labute approximate surface area is 250 Å². The maximum absolute atomic E-state index is 15.3. The number of aromatic nitrogens is 2. The average Bonchev–Trinajstić information content (AvgIpc) is 3.73. The van der Waals surface area contributed by atoms with Crippen LogP contribution in [-0.4, -0.2) is 59.2 Å². The van der Waals surface area contributed by atoms with E-state index < -0.39 is 29.3 Å². The van der Waals surface area contributed by atoms with Crippen LogP contribution in [0.5, 0.6) is 0 Å². The summed E-state index contributed by atoms with van der Waals surface area (Å²) in [4.78, 5) is 36.5. The van der Waals surface area contributed by atoms with Crippen molar-refractivity contribution in [3.8, 4) is 0 Å². The van der Waals surface area contributed by atoms with Gasteiger partial charge in [0.1, 0.15) is 17.7 Å². The zero-order chi connectivity index (χ0) is 29.7. The third kappa shape index (κ3) is 6.72. The minimum absolute atomic E-state index is 0.0563. The van der Waals surface area contributed by atoms with Crippen molar-refractivity contribution in [2.24, 2.45) is 5.92 Å². The second kappa shape index (κ2) is 13.1. The Morgan fingerprint density at radius 1 is 1.12 bits per heavy atom. The molecule has 0 radical (unpaired) electrons. The highest BCUT2D eigenvalue weighted by Gasteiger charge is 2.41. The Morgan fingerprint density at radius 3 is 2.57 bits per heavy atom. The number of amides is 3. The van der Waals surface area contributed by atoms with Gasteiger partial charge in [-0.15, -0.1) is 0 Å². The molecular weight excluding hydrogens is 559 g/mol. The van der Waals surface area contributed by atoms with E-state index >= 15 is 4.39 Å². The molecule has 1 aliphatic carbocycles. The summed E-state index contributed by atoms with van der Waals surface area (Å²) >= 11 is 5.90. The molecule has 0 bridgehead atoms. The molecule has 3 atom stereocenters. The highest BCUT2D eigenvalue weighted by Crippen LogP contribution is 2.42. The standard InChI is InChI=1S/C31H36ClFN6O3/c1-3-36-31(13-10-20-4-5-20,21-11-14-34-15-12-21)22-6-8-25(33)26(16-22)37-29(40)27-17-24(42-2)19-39(27)30(41)38-28-9-7-23(32)18-35-28/h6-9,11-12,14-16,18,20,24,27,36H,3-5,10,13,17,19H2,1-2H3,(H,37,40)(H,35,38,41). The number of benzene rings is 1. The number of urea groups is 1. The zero-order valence-electron chi connectivity index (χ0n) is 23.8. The number of nitrogens with zero attached hydrogens (tertiary/aromatic N) is 3. The quantitative estimate of drug-likeness (QED) is 0.268. The van der Waals surface area contributed by atoms with E-state index in [-0.39, 0.29) is 24.8 Å². The summed E-state index contributed by atoms with van der Waals surface area (Å²) in [5.74, 6) is -0.0659. The van der Waals surface area contributed by atoms with Crippen molar-refractivity contribution < 1.29 is 18.7 Å². The number of carbonyl (C=O) groups is 2. The molecule has 222 valence electrons. The predicted octanol–water partition coefficient (Wildman–Crippen LogP) is 5.57. The lowest BCUT2D eigenvalue weighted by molar-refractivity contribution is -0.119. The van der Waals surface area contributed by atoms with Crippen molar-refractivity contribution >= 4 is 35.0 Å². The molecule has 3 amide bonds. The van der Waals surface area contributed by atoms with Gasteiger partial charge in [-0.1, -0.05) is 37.4 Å². The van der Waals surface area contributed by atoms with Crippen molar-refractivity contribution in [1.29, 1.82) is 0 Å². The van der Waals surface area contributed by atoms with Crippen LogP contribution in [0, 0.1) is 11.7 Å². The van der Waals surface area contributed by atoms with Crippen molar-refractivity contribution in [2.75, 3.05) is 30.8 Å². The molecule has 5 rings (SSSR count). The number of likely N-dealkylation sites (tertiary alicyclic amines) is 1. The molecule has 1 aliphatic heterocycles. The number of hydrogen-bond acceptors (Lipinski definition) is 6. The van der Waals surface area contributed by atoms with E-state index in [0.29, 0.717) is 23.3 Å². The van der Waals surface area contributed by atoms with Gasteiger partial charge in [-0.05, 0) is 72.8 Å². The van der Waals surface area contributed by atoms with Crippen molar-refractivity contribution in [3.63, 3.8) is 0 Å². The number of anilines is 2. The lowest BCUT2D eigenvalue weighted by Gasteiger charge is -2.37. The molecule has 1 saturated heterocycles. The largest absolute Gasteiger partial charge is 0.380 e. The zero-order valence-corrected chi connectivity index (χ0v) is 24.5. The van der Waals surface area contributed by atoms with E-state index in [1.807, 2.05) is 19.1 Å². The minimum atomic E-state index is -0.876. The minimum Gasteiger partial charge on any atom is -0.380 e. The van der Waals surface area contributed by atoms with Gasteiger partial charge in [0, 0.05) is 38.7 Å². The molecule has 42 heavy (non-hydrogen) atoms. The van der Waals surface area contributed by atoms with Crippen molar-refractivity contribution in [1.82, 2.24) is 20.2 Å². The molecule has 3 unspecified atom stereocenters. The molecule has 11 heteroatoms. The molecule has 3 aromatic rings. The first-order valence-electron chi connectivity index (χ1n) is 14.3. The van der Waals surface area contributed by atoms with Gasteiger partial charge in [0.05, 0.1) is 22.4 Å². The van der Waals surface area contributed by atoms with E-state index in [4.69, 9.17) is 16.3 Å². The molecule has 3 N–H and O–H groups in total. The number of rotatable bonds is 11. The third-order valence-electron chi connectivity index (χ3n) is 8.12. The van der Waals surface area contributed by atoms with Crippen LogP contribution in [0.15, 0.2) is 61.1 Å². The summed E-state index contributed by atoms with van der Waals surface area (Å²) in [5, 5.41) is 9.58. The van der Waals surface area contributed by atoms with Gasteiger partial charge in [0.25, 0.3) is 0 Å². The molecule has 2 fully saturated rings. The summed E-state index contributed by atoms with van der Waals surface area (Å²) < 4.78 is 20.7. The van der Waals surface area contributed by atoms with Crippen LogP contribution in [-0.2, 0) is 15.1 Å². The lowest BCUT2D eigenvalue weighted by Crippen LogP contribution is -2.45. The van der Waals surface area contributed by atoms with Crippen LogP contribution in [0.4, 0.5) is 20.7 Å². The summed E-state index contributed by atoms with van der Waals surface area (Å²) in [6.07, 6.45) is 9.16. The number of hydrogen-bond donors (Lipinski definition) is 3. The van der Waals surface area contributed by atoms with Gasteiger partial charge in [0.2, 0.25) is 5.91 Å². The first-order valence-corrected chi connectivity index (χ1v) is 14.7. The lowest BCUT2D eigenvalue weighted by atomic mass is 9.78. The van der Waals surface area contributed by atoms with E-state index in [1.165, 1.54) is 37.1 Å². The summed E-state index contributed by atoms with van der Waals surface area (Å²) in [7, 11) is 1.53. The topological polar surface area (TPSA) is 108 Å². The van der Waals surface area contributed by atoms with Crippen LogP contribution in [0.1, 0.15) is 50.2 Å². The fraction of sp³-hybridized carbons (Fsp3) is 0.419. The molecular formula is C31H36ClFN6O3. The molecule has 0 spiro atoms. The van der Waals surface area contributed by atoms with E-state index in [0.717, 1.165) is 24.0 Å². The summed E-state index contributed by atoms with van der Waals surface area (Å²) in [5.41, 5.74) is 1.35. The monoisotopic (exact) mass is 594 g/mol. The number of pyridine rings is 2. The van der Waals surface area contributed by atoms with Gasteiger partial charge < -0.3 is 20.3 Å². The first-order chi connectivity index (χ1) is 20.3. The third-order valence-corrected chi connectivity index (χ3v) is 8.34. The van der Waals surface area contributed by atoms with Crippen LogP contribution < -0.4 is 16.0 Å². The predicted molar refractivity (Wildman–Crippen MR) is 160 cm³/mol. The molecule has 9 nitrogen and oxygen atoms in total. The Bertz CT molecular complexity index is 1390. The summed E-state index contributed by atoms with van der Waals surface area (Å²) in [6.45, 7) is 2.94. The van der Waals surface area contributed by atoms with Gasteiger partial charge in [-0.2, -0.15) is 0 Å². The van der Waals surface area contributed by atoms with E-state index in [9.17, 15) is 9.59 Å². The van der Waals surface area contributed by atoms with Crippen LogP contribution in [0.3, 0.4) is 0 Å². The number of carbonyl (C=O) groups excluding carboxylic acids is 2. The number of nitrogens with one attached hydrogen (secondary N) is 3. The molecule has 2 aliphatic rings. The van der Waals surface area contributed by atoms with Crippen molar-refractivity contribution in [2.45, 2.75) is 56.7 Å². The highest BCUT2D eigenvalue weighted by atomic mass is 35.5. The smallest absolute Gasteiger partial charge is 0.323 e. The molecule has 1 aromatic carbocycles. The van der Waals surface area contributed by atoms with Gasteiger partial charge in [-0.25, -0.2) is 14.2 Å². The molecule has 1 saturated carbocycles. The number of ether oxygens (including phenoxy) is 1. The fourth-order valence-corrected chi connectivity index (χ4v) is 5.80. The second-order valence-electron chi connectivity index (χ2n) is 10.9. The molecule has 2 aromatic heterocycles. The maximum Gasteiger partial charge on any atom is 0.323 e. The summed E-state index contributed by atoms with van der Waals surface area (Å²) in [6, 6.07) is 10.6. The maximum atomic E-state index is 15.3. The number of methoxy groups -OCH3 is 1. The SMILES string of the molecule is CCNC(CCC1CC1)(c1ccncc1)c1ccc(F)c(NC(=O)C2CC(OC)CN2C(=O)Nc2ccc(Cl)cn2)c1. The van der Waals surface area contributed by atoms with Crippen LogP contribution in [0.25, 0.3) is 0 Å². The van der Waals surface area contributed by atoms with E-state index in [1.54, 1.807) is 36.7 Å².